The summed E-state index contributed by atoms with van der Waals surface area (Å²) in [4.78, 5) is 32.2. The predicted molar refractivity (Wildman–Crippen MR) is 120 cm³/mol. The number of aromatic nitrogens is 1. The van der Waals surface area contributed by atoms with Gasteiger partial charge in [0.05, 0.1) is 12.6 Å². The molecule has 7 heteroatoms. The van der Waals surface area contributed by atoms with Gasteiger partial charge in [-0.2, -0.15) is 0 Å². The lowest BCUT2D eigenvalue weighted by atomic mass is 10.0. The van der Waals surface area contributed by atoms with Crippen LogP contribution in [0.25, 0.3) is 0 Å². The number of Topliss-reactive ketones (excluding diaryl/α,β-unsaturated/α-hetero) is 1. The molecule has 0 radical (unpaired) electrons. The summed E-state index contributed by atoms with van der Waals surface area (Å²) in [6, 6.07) is 14.2. The minimum absolute atomic E-state index is 0.0349. The molecule has 2 aromatic rings. The van der Waals surface area contributed by atoms with Gasteiger partial charge in [0.15, 0.2) is 11.6 Å². The van der Waals surface area contributed by atoms with Crippen LogP contribution in [-0.4, -0.2) is 51.9 Å². The Labute approximate surface area is 189 Å². The van der Waals surface area contributed by atoms with E-state index in [4.69, 9.17) is 14.2 Å². The van der Waals surface area contributed by atoms with Gasteiger partial charge in [-0.25, -0.2) is 4.79 Å². The summed E-state index contributed by atoms with van der Waals surface area (Å²) in [5.74, 6) is -0.978. The zero-order valence-electron chi connectivity index (χ0n) is 19.4. The number of ether oxygens (including phenoxy) is 3. The molecule has 3 rings (SSSR count). The molecule has 172 valence electrons. The summed E-state index contributed by atoms with van der Waals surface area (Å²) in [5.41, 5.74) is 0.583. The monoisotopic (exact) mass is 440 g/mol. The van der Waals surface area contributed by atoms with Crippen LogP contribution in [0.3, 0.4) is 0 Å². The lowest BCUT2D eigenvalue weighted by Crippen LogP contribution is -2.50. The van der Waals surface area contributed by atoms with E-state index < -0.39 is 29.6 Å². The Kier molecular flexibility index (Phi) is 7.31. The van der Waals surface area contributed by atoms with Crippen molar-refractivity contribution in [2.75, 3.05) is 6.61 Å². The molecule has 0 saturated carbocycles. The minimum atomic E-state index is -0.802. The molecule has 7 nitrogen and oxygen atoms in total. The number of amides is 1. The van der Waals surface area contributed by atoms with Crippen LogP contribution in [0.5, 0.6) is 0 Å². The van der Waals surface area contributed by atoms with Crippen LogP contribution in [-0.2, 0) is 20.8 Å². The summed E-state index contributed by atoms with van der Waals surface area (Å²) in [6.07, 6.45) is 0.617. The zero-order valence-corrected chi connectivity index (χ0v) is 19.4. The zero-order chi connectivity index (χ0) is 23.4. The predicted octanol–water partition coefficient (Wildman–Crippen LogP) is 4.61. The third-order valence-electron chi connectivity index (χ3n) is 5.03. The van der Waals surface area contributed by atoms with Crippen molar-refractivity contribution in [3.05, 3.63) is 66.0 Å². The van der Waals surface area contributed by atoms with Gasteiger partial charge in [-0.1, -0.05) is 36.4 Å². The van der Waals surface area contributed by atoms with Crippen molar-refractivity contribution < 1.29 is 23.8 Å². The number of ketones is 1. The maximum absolute atomic E-state index is 13.3. The molecule has 0 spiro atoms. The van der Waals surface area contributed by atoms with E-state index in [0.717, 1.165) is 5.56 Å². The van der Waals surface area contributed by atoms with Crippen LogP contribution in [0.1, 0.15) is 57.1 Å². The highest BCUT2D eigenvalue weighted by molar-refractivity contribution is 5.94. The number of benzene rings is 1. The summed E-state index contributed by atoms with van der Waals surface area (Å²) in [6.45, 7) is 9.63. The first-order valence-corrected chi connectivity index (χ1v) is 10.8. The second kappa shape index (κ2) is 9.79. The second-order valence-corrected chi connectivity index (χ2v) is 9.37. The molecule has 1 fully saturated rings. The first-order valence-electron chi connectivity index (χ1n) is 10.8. The highest BCUT2D eigenvalue weighted by Crippen LogP contribution is 2.30. The number of hydrogen-bond donors (Lipinski definition) is 0. The first-order chi connectivity index (χ1) is 15.0. The van der Waals surface area contributed by atoms with E-state index in [2.05, 4.69) is 4.98 Å². The van der Waals surface area contributed by atoms with E-state index >= 15 is 0 Å². The standard InChI is InChI=1S/C25H32N2O5/c1-24(2,3)32-23(29)27(16-18-11-7-6-8-12-18)20(22-17-30-25(4,5)31-22)15-21(28)19-13-9-10-14-26-19/h6-14,20,22H,15-17H2,1-5H3. The SMILES string of the molecule is CC(C)(C)OC(=O)N(Cc1ccccc1)C(CC(=O)c1ccccn1)C1COC(C)(C)O1. The van der Waals surface area contributed by atoms with Gasteiger partial charge in [-0.3, -0.25) is 14.7 Å². The van der Waals surface area contributed by atoms with Gasteiger partial charge >= 0.3 is 6.09 Å². The van der Waals surface area contributed by atoms with Crippen LogP contribution in [0, 0.1) is 0 Å². The van der Waals surface area contributed by atoms with Crippen LogP contribution in [0.2, 0.25) is 0 Å². The fourth-order valence-electron chi connectivity index (χ4n) is 3.59. The Morgan fingerprint density at radius 2 is 1.84 bits per heavy atom. The highest BCUT2D eigenvalue weighted by atomic mass is 16.7. The van der Waals surface area contributed by atoms with Crippen molar-refractivity contribution in [3.63, 3.8) is 0 Å². The molecule has 0 N–H and O–H groups in total. The summed E-state index contributed by atoms with van der Waals surface area (Å²) in [5, 5.41) is 0. The van der Waals surface area contributed by atoms with E-state index in [9.17, 15) is 9.59 Å². The third-order valence-corrected chi connectivity index (χ3v) is 5.03. The first kappa shape index (κ1) is 23.9. The average Bonchev–Trinajstić information content (AvgIpc) is 3.10. The van der Waals surface area contributed by atoms with Crippen LogP contribution >= 0.6 is 0 Å². The topological polar surface area (TPSA) is 78.0 Å². The molecule has 0 aliphatic carbocycles. The number of carbonyl (C=O) groups excluding carboxylic acids is 2. The third kappa shape index (κ3) is 6.61. The van der Waals surface area contributed by atoms with Gasteiger partial charge in [0.25, 0.3) is 0 Å². The summed E-state index contributed by atoms with van der Waals surface area (Å²) in [7, 11) is 0. The molecular formula is C25H32N2O5. The van der Waals surface area contributed by atoms with Crippen LogP contribution in [0.4, 0.5) is 4.79 Å². The Morgan fingerprint density at radius 3 is 2.41 bits per heavy atom. The number of rotatable bonds is 7. The molecule has 1 saturated heterocycles. The van der Waals surface area contributed by atoms with E-state index in [1.165, 1.54) is 0 Å². The van der Waals surface area contributed by atoms with Gasteiger partial charge in [0.1, 0.15) is 17.4 Å². The van der Waals surface area contributed by atoms with Crippen molar-refractivity contribution in [2.45, 2.75) is 71.1 Å². The van der Waals surface area contributed by atoms with E-state index in [0.29, 0.717) is 5.69 Å². The number of hydrogen-bond acceptors (Lipinski definition) is 6. The van der Waals surface area contributed by atoms with Gasteiger partial charge in [-0.05, 0) is 52.3 Å². The molecule has 2 atom stereocenters. The Balaban J connectivity index is 1.95. The second-order valence-electron chi connectivity index (χ2n) is 9.37. The number of pyridine rings is 1. The minimum Gasteiger partial charge on any atom is -0.444 e. The Morgan fingerprint density at radius 1 is 1.16 bits per heavy atom. The molecule has 1 aromatic carbocycles. The Hall–Kier alpha value is -2.77. The normalized spacial score (nSPS) is 18.7. The highest BCUT2D eigenvalue weighted by Gasteiger charge is 2.43. The number of nitrogens with zero attached hydrogens (tertiary/aromatic N) is 2. The fourth-order valence-corrected chi connectivity index (χ4v) is 3.59. The van der Waals surface area contributed by atoms with Crippen LogP contribution in [0.15, 0.2) is 54.7 Å². The maximum Gasteiger partial charge on any atom is 0.410 e. The largest absolute Gasteiger partial charge is 0.444 e. The average molecular weight is 441 g/mol. The molecule has 1 amide bonds. The van der Waals surface area contributed by atoms with Gasteiger partial charge in [-0.15, -0.1) is 0 Å². The van der Waals surface area contributed by atoms with Gasteiger partial charge in [0.2, 0.25) is 0 Å². The Bertz CT molecular complexity index is 909. The van der Waals surface area contributed by atoms with E-state index in [1.54, 1.807) is 29.3 Å². The molecule has 2 heterocycles. The smallest absolute Gasteiger partial charge is 0.410 e. The van der Waals surface area contributed by atoms with Crippen molar-refractivity contribution in [3.8, 4) is 0 Å². The maximum atomic E-state index is 13.3. The summed E-state index contributed by atoms with van der Waals surface area (Å²) < 4.78 is 17.6. The van der Waals surface area contributed by atoms with Crippen LogP contribution < -0.4 is 0 Å². The molecular weight excluding hydrogens is 408 g/mol. The van der Waals surface area contributed by atoms with Crippen molar-refractivity contribution in [1.82, 2.24) is 9.88 Å². The fraction of sp³-hybridized carbons (Fsp3) is 0.480. The lowest BCUT2D eigenvalue weighted by molar-refractivity contribution is -0.146. The van der Waals surface area contributed by atoms with Gasteiger partial charge in [0, 0.05) is 19.2 Å². The molecule has 32 heavy (non-hydrogen) atoms. The van der Waals surface area contributed by atoms with E-state index in [1.807, 2.05) is 65.0 Å². The summed E-state index contributed by atoms with van der Waals surface area (Å²) >= 11 is 0. The molecule has 2 unspecified atom stereocenters. The van der Waals surface area contributed by atoms with Crippen molar-refractivity contribution in [1.29, 1.82) is 0 Å². The molecule has 1 aliphatic rings. The molecule has 1 aliphatic heterocycles. The van der Waals surface area contributed by atoms with Gasteiger partial charge < -0.3 is 14.2 Å². The quantitative estimate of drug-likeness (QED) is 0.585. The molecule has 0 bridgehead atoms. The van der Waals surface area contributed by atoms with Crippen molar-refractivity contribution in [2.24, 2.45) is 0 Å². The number of carbonyl (C=O) groups is 2. The van der Waals surface area contributed by atoms with Crippen molar-refractivity contribution >= 4 is 11.9 Å². The molecule has 1 aromatic heterocycles. The van der Waals surface area contributed by atoms with E-state index in [-0.39, 0.29) is 25.4 Å². The lowest BCUT2D eigenvalue weighted by Gasteiger charge is -2.36.